The van der Waals surface area contributed by atoms with Gasteiger partial charge in [0, 0.05) is 21.2 Å². The summed E-state index contributed by atoms with van der Waals surface area (Å²) < 4.78 is 6.96. The number of nitrogens with zero attached hydrogens (tertiary/aromatic N) is 3. The van der Waals surface area contributed by atoms with Crippen LogP contribution in [0, 0.1) is 6.92 Å². The van der Waals surface area contributed by atoms with Crippen LogP contribution < -0.4 is 10.6 Å². The number of thiocarbonyl (C=S) groups is 1. The van der Waals surface area contributed by atoms with Crippen LogP contribution in [0.1, 0.15) is 18.2 Å². The predicted molar refractivity (Wildman–Crippen MR) is 73.6 cm³/mol. The SMILES string of the molecule is COCC(C)N(C)c1c(C(N)=S)c(C)nn1C. The fraction of sp³-hybridized carbons (Fsp3) is 0.636. The molecule has 0 saturated carbocycles. The Morgan fingerprint density at radius 2 is 2.24 bits per heavy atom. The van der Waals surface area contributed by atoms with E-state index >= 15 is 0 Å². The monoisotopic (exact) mass is 256 g/mol. The third-order valence-electron chi connectivity index (χ3n) is 2.84. The molecule has 0 fully saturated rings. The zero-order valence-electron chi connectivity index (χ0n) is 11.0. The highest BCUT2D eigenvalue weighted by Crippen LogP contribution is 2.23. The van der Waals surface area contributed by atoms with Crippen molar-refractivity contribution in [3.8, 4) is 0 Å². The zero-order valence-corrected chi connectivity index (χ0v) is 11.8. The van der Waals surface area contributed by atoms with Crippen LogP contribution in [0.5, 0.6) is 0 Å². The summed E-state index contributed by atoms with van der Waals surface area (Å²) in [5.41, 5.74) is 7.45. The standard InChI is InChI=1S/C11H20N4OS/c1-7(6-16-5)14(3)11-9(10(12)17)8(2)13-15(11)4/h7H,6H2,1-5H3,(H2,12,17). The molecular formula is C11H20N4OS. The molecule has 1 rings (SSSR count). The second-order valence-electron chi connectivity index (χ2n) is 4.19. The molecule has 6 heteroatoms. The van der Waals surface area contributed by atoms with E-state index in [0.29, 0.717) is 11.6 Å². The largest absolute Gasteiger partial charge is 0.389 e. The smallest absolute Gasteiger partial charge is 0.137 e. The van der Waals surface area contributed by atoms with Gasteiger partial charge in [0.05, 0.1) is 23.9 Å². The lowest BCUT2D eigenvalue weighted by Gasteiger charge is -2.27. The van der Waals surface area contributed by atoms with Gasteiger partial charge in [-0.05, 0) is 13.8 Å². The minimum Gasteiger partial charge on any atom is -0.389 e. The van der Waals surface area contributed by atoms with Crippen molar-refractivity contribution in [1.82, 2.24) is 9.78 Å². The average Bonchev–Trinajstić information content (AvgIpc) is 2.52. The maximum absolute atomic E-state index is 5.76. The molecule has 0 amide bonds. The van der Waals surface area contributed by atoms with Gasteiger partial charge in [-0.15, -0.1) is 0 Å². The van der Waals surface area contributed by atoms with Gasteiger partial charge in [-0.3, -0.25) is 4.68 Å². The number of aryl methyl sites for hydroxylation is 2. The summed E-state index contributed by atoms with van der Waals surface area (Å²) in [5, 5.41) is 4.36. The van der Waals surface area contributed by atoms with Crippen molar-refractivity contribution in [2.45, 2.75) is 19.9 Å². The lowest BCUT2D eigenvalue weighted by molar-refractivity contribution is 0.183. The molecule has 1 unspecified atom stereocenters. The third kappa shape index (κ3) is 2.76. The second kappa shape index (κ2) is 5.46. The fourth-order valence-electron chi connectivity index (χ4n) is 1.90. The molecule has 17 heavy (non-hydrogen) atoms. The van der Waals surface area contributed by atoms with E-state index in [9.17, 15) is 0 Å². The van der Waals surface area contributed by atoms with Crippen molar-refractivity contribution in [3.63, 3.8) is 0 Å². The Morgan fingerprint density at radius 3 is 2.71 bits per heavy atom. The van der Waals surface area contributed by atoms with E-state index in [-0.39, 0.29) is 6.04 Å². The van der Waals surface area contributed by atoms with Crippen LogP contribution in [-0.2, 0) is 11.8 Å². The van der Waals surface area contributed by atoms with E-state index in [1.807, 2.05) is 21.0 Å². The first-order valence-corrected chi connectivity index (χ1v) is 5.86. The summed E-state index contributed by atoms with van der Waals surface area (Å²) >= 11 is 5.09. The van der Waals surface area contributed by atoms with E-state index < -0.39 is 0 Å². The van der Waals surface area contributed by atoms with Crippen LogP contribution in [0.4, 0.5) is 5.82 Å². The quantitative estimate of drug-likeness (QED) is 0.791. The molecule has 0 aliphatic carbocycles. The molecule has 5 nitrogen and oxygen atoms in total. The molecule has 1 aromatic rings. The number of ether oxygens (including phenoxy) is 1. The molecule has 1 heterocycles. The topological polar surface area (TPSA) is 56.3 Å². The van der Waals surface area contributed by atoms with E-state index in [4.69, 9.17) is 22.7 Å². The van der Waals surface area contributed by atoms with Crippen LogP contribution in [0.25, 0.3) is 0 Å². The molecule has 0 radical (unpaired) electrons. The Balaban J connectivity index is 3.16. The van der Waals surface area contributed by atoms with E-state index in [1.54, 1.807) is 11.8 Å². The number of nitrogens with two attached hydrogens (primary N) is 1. The summed E-state index contributed by atoms with van der Waals surface area (Å²) in [4.78, 5) is 2.46. The first-order chi connectivity index (χ1) is 7.90. The van der Waals surface area contributed by atoms with Crippen molar-refractivity contribution in [2.24, 2.45) is 12.8 Å². The van der Waals surface area contributed by atoms with Crippen LogP contribution >= 0.6 is 12.2 Å². The molecular weight excluding hydrogens is 236 g/mol. The molecule has 96 valence electrons. The first kappa shape index (κ1) is 13.9. The van der Waals surface area contributed by atoms with Gasteiger partial charge in [-0.2, -0.15) is 5.10 Å². The Bertz CT molecular complexity index is 416. The Morgan fingerprint density at radius 1 is 1.65 bits per heavy atom. The van der Waals surface area contributed by atoms with Crippen LogP contribution in [0.3, 0.4) is 0 Å². The normalized spacial score (nSPS) is 12.5. The lowest BCUT2D eigenvalue weighted by atomic mass is 10.2. The van der Waals surface area contributed by atoms with Gasteiger partial charge in [0.25, 0.3) is 0 Å². The van der Waals surface area contributed by atoms with E-state index in [1.165, 1.54) is 0 Å². The van der Waals surface area contributed by atoms with Crippen molar-refractivity contribution in [1.29, 1.82) is 0 Å². The number of methoxy groups -OCH3 is 1. The molecule has 0 aliphatic heterocycles. The molecule has 0 aliphatic rings. The fourth-order valence-corrected chi connectivity index (χ4v) is 2.14. The maximum atomic E-state index is 5.76. The van der Waals surface area contributed by atoms with E-state index in [0.717, 1.165) is 17.1 Å². The van der Waals surface area contributed by atoms with Gasteiger partial charge >= 0.3 is 0 Å². The van der Waals surface area contributed by atoms with Gasteiger partial charge in [-0.1, -0.05) is 12.2 Å². The molecule has 1 aromatic heterocycles. The minimum atomic E-state index is 0.225. The summed E-state index contributed by atoms with van der Waals surface area (Å²) in [6.45, 7) is 4.62. The van der Waals surface area contributed by atoms with Crippen LogP contribution in [-0.4, -0.2) is 41.6 Å². The summed E-state index contributed by atoms with van der Waals surface area (Å²) in [7, 11) is 5.56. The number of hydrogen-bond donors (Lipinski definition) is 1. The van der Waals surface area contributed by atoms with Gasteiger partial charge in [-0.25, -0.2) is 0 Å². The van der Waals surface area contributed by atoms with Crippen molar-refractivity contribution in [3.05, 3.63) is 11.3 Å². The molecule has 0 spiro atoms. The van der Waals surface area contributed by atoms with E-state index in [2.05, 4.69) is 16.9 Å². The van der Waals surface area contributed by atoms with Crippen molar-refractivity contribution < 1.29 is 4.74 Å². The highest BCUT2D eigenvalue weighted by Gasteiger charge is 2.21. The van der Waals surface area contributed by atoms with Gasteiger partial charge in [0.15, 0.2) is 0 Å². The Hall–Kier alpha value is -1.14. The summed E-state index contributed by atoms with van der Waals surface area (Å²) in [5.74, 6) is 0.930. The van der Waals surface area contributed by atoms with Gasteiger partial charge in [0.1, 0.15) is 10.8 Å². The second-order valence-corrected chi connectivity index (χ2v) is 4.63. The van der Waals surface area contributed by atoms with Crippen LogP contribution in [0.2, 0.25) is 0 Å². The molecule has 0 aromatic carbocycles. The number of anilines is 1. The molecule has 0 bridgehead atoms. The number of aromatic nitrogens is 2. The first-order valence-electron chi connectivity index (χ1n) is 5.45. The zero-order chi connectivity index (χ0) is 13.2. The summed E-state index contributed by atoms with van der Waals surface area (Å²) in [6, 6.07) is 0.225. The molecule has 0 saturated heterocycles. The van der Waals surface area contributed by atoms with Gasteiger partial charge in [0.2, 0.25) is 0 Å². The highest BCUT2D eigenvalue weighted by atomic mass is 32.1. The highest BCUT2D eigenvalue weighted by molar-refractivity contribution is 7.80. The third-order valence-corrected chi connectivity index (χ3v) is 3.05. The predicted octanol–water partition coefficient (Wildman–Crippen LogP) is 0.834. The lowest BCUT2D eigenvalue weighted by Crippen LogP contribution is -2.35. The molecule has 1 atom stereocenters. The van der Waals surface area contributed by atoms with Crippen LogP contribution in [0.15, 0.2) is 0 Å². The number of likely N-dealkylation sites (N-methyl/N-ethyl adjacent to an activating group) is 1. The maximum Gasteiger partial charge on any atom is 0.137 e. The minimum absolute atomic E-state index is 0.225. The van der Waals surface area contributed by atoms with Crippen molar-refractivity contribution in [2.75, 3.05) is 25.7 Å². The number of hydrogen-bond acceptors (Lipinski definition) is 4. The van der Waals surface area contributed by atoms with Crippen molar-refractivity contribution >= 4 is 23.0 Å². The van der Waals surface area contributed by atoms with Gasteiger partial charge < -0.3 is 15.4 Å². The Kier molecular flexibility index (Phi) is 4.47. The average molecular weight is 256 g/mol. The Labute approximate surface area is 108 Å². The molecule has 2 N–H and O–H groups in total. The number of rotatable bonds is 5. The summed E-state index contributed by atoms with van der Waals surface area (Å²) in [6.07, 6.45) is 0.